The van der Waals surface area contributed by atoms with Crippen LogP contribution in [-0.2, 0) is 0 Å². The number of halogens is 1. The van der Waals surface area contributed by atoms with Gasteiger partial charge >= 0.3 is 0 Å². The van der Waals surface area contributed by atoms with E-state index in [1.54, 1.807) is 18.2 Å². The Bertz CT molecular complexity index is 539. The van der Waals surface area contributed by atoms with Crippen LogP contribution in [0.5, 0.6) is 0 Å². The third-order valence-corrected chi connectivity index (χ3v) is 3.19. The van der Waals surface area contributed by atoms with Crippen LogP contribution in [0.4, 0.5) is 5.69 Å². The maximum atomic E-state index is 10.3. The SMILES string of the molecule is Cc1ccccc1C(O)c1cccc(Cl)c1N. The van der Waals surface area contributed by atoms with Crippen LogP contribution >= 0.6 is 11.6 Å². The summed E-state index contributed by atoms with van der Waals surface area (Å²) in [7, 11) is 0. The van der Waals surface area contributed by atoms with Crippen LogP contribution in [0.15, 0.2) is 42.5 Å². The van der Waals surface area contributed by atoms with Gasteiger partial charge in [-0.05, 0) is 24.1 Å². The van der Waals surface area contributed by atoms with Gasteiger partial charge < -0.3 is 10.8 Å². The second-order valence-corrected chi connectivity index (χ2v) is 4.41. The highest BCUT2D eigenvalue weighted by molar-refractivity contribution is 6.33. The van der Waals surface area contributed by atoms with E-state index in [1.807, 2.05) is 31.2 Å². The summed E-state index contributed by atoms with van der Waals surface area (Å²) in [6, 6.07) is 13.0. The van der Waals surface area contributed by atoms with E-state index in [-0.39, 0.29) is 0 Å². The van der Waals surface area contributed by atoms with E-state index in [4.69, 9.17) is 17.3 Å². The van der Waals surface area contributed by atoms with Crippen molar-refractivity contribution in [3.8, 4) is 0 Å². The molecule has 17 heavy (non-hydrogen) atoms. The molecule has 1 atom stereocenters. The second-order valence-electron chi connectivity index (χ2n) is 4.00. The summed E-state index contributed by atoms with van der Waals surface area (Å²) in [5, 5.41) is 10.8. The van der Waals surface area contributed by atoms with Crippen molar-refractivity contribution < 1.29 is 5.11 Å². The molecule has 2 aromatic rings. The highest BCUT2D eigenvalue weighted by Crippen LogP contribution is 2.32. The predicted octanol–water partition coefficient (Wildman–Crippen LogP) is 3.31. The van der Waals surface area contributed by atoms with E-state index in [9.17, 15) is 5.11 Å². The fourth-order valence-electron chi connectivity index (χ4n) is 1.85. The molecule has 0 aliphatic rings. The van der Waals surface area contributed by atoms with Crippen LogP contribution in [0.2, 0.25) is 5.02 Å². The standard InChI is InChI=1S/C14H14ClNO/c1-9-5-2-3-6-10(9)14(17)11-7-4-8-12(15)13(11)16/h2-8,14,17H,16H2,1H3. The van der Waals surface area contributed by atoms with E-state index in [0.717, 1.165) is 11.1 Å². The molecule has 3 heteroatoms. The zero-order valence-electron chi connectivity index (χ0n) is 9.52. The summed E-state index contributed by atoms with van der Waals surface area (Å²) in [6.07, 6.45) is -0.741. The minimum Gasteiger partial charge on any atom is -0.397 e. The minimum absolute atomic E-state index is 0.435. The first-order chi connectivity index (χ1) is 8.11. The van der Waals surface area contributed by atoms with Crippen molar-refractivity contribution in [2.45, 2.75) is 13.0 Å². The lowest BCUT2D eigenvalue weighted by atomic mass is 9.96. The number of aryl methyl sites for hydroxylation is 1. The average Bonchev–Trinajstić information content (AvgIpc) is 2.32. The molecule has 0 saturated carbocycles. The lowest BCUT2D eigenvalue weighted by molar-refractivity contribution is 0.220. The average molecular weight is 248 g/mol. The molecule has 0 fully saturated rings. The van der Waals surface area contributed by atoms with Gasteiger partial charge in [-0.15, -0.1) is 0 Å². The lowest BCUT2D eigenvalue weighted by Crippen LogP contribution is -2.05. The van der Waals surface area contributed by atoms with Crippen LogP contribution in [0.3, 0.4) is 0 Å². The second kappa shape index (κ2) is 4.78. The summed E-state index contributed by atoms with van der Waals surface area (Å²) >= 11 is 5.95. The highest BCUT2D eigenvalue weighted by atomic mass is 35.5. The maximum Gasteiger partial charge on any atom is 0.106 e. The molecule has 0 aliphatic carbocycles. The molecule has 0 amide bonds. The van der Waals surface area contributed by atoms with E-state index in [0.29, 0.717) is 16.3 Å². The fourth-order valence-corrected chi connectivity index (χ4v) is 2.04. The van der Waals surface area contributed by atoms with Crippen LogP contribution in [0.1, 0.15) is 22.8 Å². The molecule has 88 valence electrons. The molecule has 0 heterocycles. The van der Waals surface area contributed by atoms with Gasteiger partial charge in [-0.25, -0.2) is 0 Å². The third-order valence-electron chi connectivity index (χ3n) is 2.86. The number of hydrogen-bond acceptors (Lipinski definition) is 2. The molecule has 2 aromatic carbocycles. The summed E-state index contributed by atoms with van der Waals surface area (Å²) in [4.78, 5) is 0. The number of nitrogen functional groups attached to an aromatic ring is 1. The first-order valence-corrected chi connectivity index (χ1v) is 5.76. The summed E-state index contributed by atoms with van der Waals surface area (Å²) in [6.45, 7) is 1.96. The van der Waals surface area contributed by atoms with Gasteiger partial charge in [0.2, 0.25) is 0 Å². The van der Waals surface area contributed by atoms with Crippen molar-refractivity contribution in [2.24, 2.45) is 0 Å². The molecule has 2 nitrogen and oxygen atoms in total. The molecule has 0 aliphatic heterocycles. The van der Waals surface area contributed by atoms with Gasteiger partial charge in [0.25, 0.3) is 0 Å². The molecule has 2 rings (SSSR count). The number of para-hydroxylation sites is 1. The number of aliphatic hydroxyl groups is 1. The predicted molar refractivity (Wildman–Crippen MR) is 71.1 cm³/mol. The van der Waals surface area contributed by atoms with Gasteiger partial charge in [0.1, 0.15) is 6.10 Å². The monoisotopic (exact) mass is 247 g/mol. The van der Waals surface area contributed by atoms with Gasteiger partial charge in [-0.2, -0.15) is 0 Å². The highest BCUT2D eigenvalue weighted by Gasteiger charge is 2.16. The first-order valence-electron chi connectivity index (χ1n) is 5.38. The largest absolute Gasteiger partial charge is 0.397 e. The van der Waals surface area contributed by atoms with Crippen molar-refractivity contribution >= 4 is 17.3 Å². The van der Waals surface area contributed by atoms with Crippen LogP contribution in [0.25, 0.3) is 0 Å². The van der Waals surface area contributed by atoms with Crippen molar-refractivity contribution in [3.63, 3.8) is 0 Å². The third kappa shape index (κ3) is 2.28. The van der Waals surface area contributed by atoms with E-state index >= 15 is 0 Å². The maximum absolute atomic E-state index is 10.3. The van der Waals surface area contributed by atoms with Gasteiger partial charge in [-0.3, -0.25) is 0 Å². The molecule has 1 unspecified atom stereocenters. The van der Waals surface area contributed by atoms with E-state index < -0.39 is 6.10 Å². The molecule has 0 saturated heterocycles. The normalized spacial score (nSPS) is 12.4. The Balaban J connectivity index is 2.48. The topological polar surface area (TPSA) is 46.2 Å². The summed E-state index contributed by atoms with van der Waals surface area (Å²) in [5.41, 5.74) is 8.84. The molecular weight excluding hydrogens is 234 g/mol. The van der Waals surface area contributed by atoms with Gasteiger partial charge in [-0.1, -0.05) is 48.0 Å². The Kier molecular flexibility index (Phi) is 3.36. The zero-order valence-corrected chi connectivity index (χ0v) is 10.3. The Morgan fingerprint density at radius 1 is 1.06 bits per heavy atom. The van der Waals surface area contributed by atoms with Gasteiger partial charge in [0, 0.05) is 5.56 Å². The molecule has 0 aromatic heterocycles. The Morgan fingerprint density at radius 3 is 2.41 bits per heavy atom. The van der Waals surface area contributed by atoms with E-state index in [2.05, 4.69) is 0 Å². The lowest BCUT2D eigenvalue weighted by Gasteiger charge is -2.16. The Labute approximate surface area is 106 Å². The number of hydrogen-bond donors (Lipinski definition) is 2. The van der Waals surface area contributed by atoms with Crippen LogP contribution < -0.4 is 5.73 Å². The molecular formula is C14H14ClNO. The Hall–Kier alpha value is -1.51. The number of rotatable bonds is 2. The number of benzene rings is 2. The van der Waals surface area contributed by atoms with Crippen LogP contribution in [0, 0.1) is 6.92 Å². The zero-order chi connectivity index (χ0) is 12.4. The fraction of sp³-hybridized carbons (Fsp3) is 0.143. The number of anilines is 1. The molecule has 3 N–H and O–H groups in total. The quantitative estimate of drug-likeness (QED) is 0.800. The van der Waals surface area contributed by atoms with Crippen molar-refractivity contribution in [1.82, 2.24) is 0 Å². The molecule has 0 bridgehead atoms. The molecule has 0 spiro atoms. The number of nitrogens with two attached hydrogens (primary N) is 1. The van der Waals surface area contributed by atoms with Gasteiger partial charge in [0.15, 0.2) is 0 Å². The molecule has 0 radical (unpaired) electrons. The first kappa shape index (κ1) is 12.0. The van der Waals surface area contributed by atoms with Crippen molar-refractivity contribution in [3.05, 3.63) is 64.2 Å². The minimum atomic E-state index is -0.741. The van der Waals surface area contributed by atoms with E-state index in [1.165, 1.54) is 0 Å². The van der Waals surface area contributed by atoms with Crippen molar-refractivity contribution in [1.29, 1.82) is 0 Å². The summed E-state index contributed by atoms with van der Waals surface area (Å²) in [5.74, 6) is 0. The number of aliphatic hydroxyl groups excluding tert-OH is 1. The van der Waals surface area contributed by atoms with Crippen molar-refractivity contribution in [2.75, 3.05) is 5.73 Å². The summed E-state index contributed by atoms with van der Waals surface area (Å²) < 4.78 is 0. The van der Waals surface area contributed by atoms with Crippen LogP contribution in [-0.4, -0.2) is 5.11 Å². The Morgan fingerprint density at radius 2 is 1.71 bits per heavy atom. The smallest absolute Gasteiger partial charge is 0.106 e. The van der Waals surface area contributed by atoms with Gasteiger partial charge in [0.05, 0.1) is 10.7 Å².